The van der Waals surface area contributed by atoms with Crippen molar-refractivity contribution in [3.8, 4) is 5.75 Å². The Morgan fingerprint density at radius 3 is 2.65 bits per heavy atom. The highest BCUT2D eigenvalue weighted by Crippen LogP contribution is 2.31. The molecule has 0 aliphatic carbocycles. The maximum Gasteiger partial charge on any atom is 0.123 e. The average molecular weight is 276 g/mol. The molecular weight excluding hydrogens is 248 g/mol. The molecule has 1 aliphatic rings. The molecule has 1 saturated heterocycles. The molecule has 0 aromatic heterocycles. The standard InChI is InChI=1S/C17H28N2O/c1-4-18-13-15-9-11-19(12-10-15)14(2)16-7-5-6-8-17(16)20-3/h5-8,14-15,18H,4,9-13H2,1-3H3. The Bertz CT molecular complexity index is 400. The Kier molecular flexibility index (Phi) is 5.86. The smallest absolute Gasteiger partial charge is 0.123 e. The number of rotatable bonds is 6. The van der Waals surface area contributed by atoms with Gasteiger partial charge in [0.1, 0.15) is 5.75 Å². The summed E-state index contributed by atoms with van der Waals surface area (Å²) in [5.74, 6) is 1.85. The van der Waals surface area contributed by atoms with Crippen LogP contribution in [0.1, 0.15) is 38.3 Å². The van der Waals surface area contributed by atoms with Gasteiger partial charge in [-0.3, -0.25) is 4.90 Å². The summed E-state index contributed by atoms with van der Waals surface area (Å²) in [6, 6.07) is 8.83. The van der Waals surface area contributed by atoms with E-state index in [0.29, 0.717) is 6.04 Å². The third-order valence-electron chi connectivity index (χ3n) is 4.47. The molecule has 1 fully saturated rings. The van der Waals surface area contributed by atoms with E-state index in [1.54, 1.807) is 7.11 Å². The normalized spacial score (nSPS) is 18.9. The van der Waals surface area contributed by atoms with Crippen LogP contribution in [0.15, 0.2) is 24.3 Å². The molecule has 0 spiro atoms. The fourth-order valence-electron chi connectivity index (χ4n) is 3.10. The van der Waals surface area contributed by atoms with E-state index in [1.165, 1.54) is 38.0 Å². The van der Waals surface area contributed by atoms with E-state index < -0.39 is 0 Å². The van der Waals surface area contributed by atoms with Gasteiger partial charge >= 0.3 is 0 Å². The highest BCUT2D eigenvalue weighted by molar-refractivity contribution is 5.35. The van der Waals surface area contributed by atoms with Crippen molar-refractivity contribution in [1.82, 2.24) is 10.2 Å². The van der Waals surface area contributed by atoms with Crippen molar-refractivity contribution in [2.45, 2.75) is 32.7 Å². The second kappa shape index (κ2) is 7.65. The topological polar surface area (TPSA) is 24.5 Å². The maximum absolute atomic E-state index is 5.49. The molecule has 0 saturated carbocycles. The summed E-state index contributed by atoms with van der Waals surface area (Å²) in [6.45, 7) is 9.11. The molecule has 1 atom stereocenters. The van der Waals surface area contributed by atoms with Crippen LogP contribution in [0.4, 0.5) is 0 Å². The van der Waals surface area contributed by atoms with Gasteiger partial charge in [-0.05, 0) is 57.9 Å². The molecule has 1 heterocycles. The van der Waals surface area contributed by atoms with Crippen molar-refractivity contribution in [3.05, 3.63) is 29.8 Å². The lowest BCUT2D eigenvalue weighted by molar-refractivity contribution is 0.138. The van der Waals surface area contributed by atoms with Gasteiger partial charge in [-0.1, -0.05) is 25.1 Å². The quantitative estimate of drug-likeness (QED) is 0.864. The van der Waals surface area contributed by atoms with Crippen molar-refractivity contribution in [2.24, 2.45) is 5.92 Å². The summed E-state index contributed by atoms with van der Waals surface area (Å²) in [5, 5.41) is 3.47. The molecule has 1 aromatic rings. The third-order valence-corrected chi connectivity index (χ3v) is 4.47. The predicted molar refractivity (Wildman–Crippen MR) is 84.2 cm³/mol. The van der Waals surface area contributed by atoms with Gasteiger partial charge in [0.15, 0.2) is 0 Å². The van der Waals surface area contributed by atoms with Gasteiger partial charge in [0.05, 0.1) is 7.11 Å². The molecule has 112 valence electrons. The van der Waals surface area contributed by atoms with Crippen LogP contribution < -0.4 is 10.1 Å². The van der Waals surface area contributed by atoms with Gasteiger partial charge in [-0.25, -0.2) is 0 Å². The minimum absolute atomic E-state index is 0.436. The lowest BCUT2D eigenvalue weighted by Gasteiger charge is -2.36. The number of nitrogens with one attached hydrogen (secondary N) is 1. The van der Waals surface area contributed by atoms with Crippen LogP contribution in [0.3, 0.4) is 0 Å². The fourth-order valence-corrected chi connectivity index (χ4v) is 3.10. The van der Waals surface area contributed by atoms with Crippen LogP contribution >= 0.6 is 0 Å². The lowest BCUT2D eigenvalue weighted by Crippen LogP contribution is -2.38. The number of benzene rings is 1. The lowest BCUT2D eigenvalue weighted by atomic mass is 9.94. The van der Waals surface area contributed by atoms with E-state index >= 15 is 0 Å². The van der Waals surface area contributed by atoms with Gasteiger partial charge in [0, 0.05) is 11.6 Å². The molecule has 1 aromatic carbocycles. The second-order valence-corrected chi connectivity index (χ2v) is 5.70. The molecule has 0 amide bonds. The van der Waals surface area contributed by atoms with E-state index in [2.05, 4.69) is 42.3 Å². The molecule has 1 unspecified atom stereocenters. The van der Waals surface area contributed by atoms with Crippen LogP contribution in [0.2, 0.25) is 0 Å². The first kappa shape index (κ1) is 15.3. The molecule has 20 heavy (non-hydrogen) atoms. The largest absolute Gasteiger partial charge is 0.496 e. The maximum atomic E-state index is 5.49. The number of likely N-dealkylation sites (tertiary alicyclic amines) is 1. The first-order valence-electron chi connectivity index (χ1n) is 7.84. The Hall–Kier alpha value is -1.06. The van der Waals surface area contributed by atoms with E-state index in [-0.39, 0.29) is 0 Å². The monoisotopic (exact) mass is 276 g/mol. The summed E-state index contributed by atoms with van der Waals surface area (Å²) in [4.78, 5) is 2.58. The summed E-state index contributed by atoms with van der Waals surface area (Å²) in [5.41, 5.74) is 1.31. The molecule has 3 heteroatoms. The van der Waals surface area contributed by atoms with E-state index in [0.717, 1.165) is 18.2 Å². The second-order valence-electron chi connectivity index (χ2n) is 5.70. The average Bonchev–Trinajstić information content (AvgIpc) is 2.52. The van der Waals surface area contributed by atoms with Gasteiger partial charge < -0.3 is 10.1 Å². The molecule has 2 rings (SSSR count). The van der Waals surface area contributed by atoms with Gasteiger partial charge in [0.25, 0.3) is 0 Å². The SMILES string of the molecule is CCNCC1CCN(C(C)c2ccccc2OC)CC1. The van der Waals surface area contributed by atoms with E-state index in [1.807, 2.05) is 6.07 Å². The summed E-state index contributed by atoms with van der Waals surface area (Å²) < 4.78 is 5.49. The van der Waals surface area contributed by atoms with Crippen LogP contribution in [0.5, 0.6) is 5.75 Å². The van der Waals surface area contributed by atoms with Crippen molar-refractivity contribution >= 4 is 0 Å². The van der Waals surface area contributed by atoms with Crippen molar-refractivity contribution in [1.29, 1.82) is 0 Å². The summed E-state index contributed by atoms with van der Waals surface area (Å²) in [7, 11) is 1.76. The third kappa shape index (κ3) is 3.74. The van der Waals surface area contributed by atoms with Crippen LogP contribution in [0.25, 0.3) is 0 Å². The van der Waals surface area contributed by atoms with Gasteiger partial charge in [0.2, 0.25) is 0 Å². The highest BCUT2D eigenvalue weighted by atomic mass is 16.5. The predicted octanol–water partition coefficient (Wildman–Crippen LogP) is 3.08. The van der Waals surface area contributed by atoms with Crippen molar-refractivity contribution in [3.63, 3.8) is 0 Å². The zero-order chi connectivity index (χ0) is 14.4. The minimum atomic E-state index is 0.436. The number of nitrogens with zero attached hydrogens (tertiary/aromatic N) is 1. The highest BCUT2D eigenvalue weighted by Gasteiger charge is 2.24. The van der Waals surface area contributed by atoms with Gasteiger partial charge in [-0.2, -0.15) is 0 Å². The first-order chi connectivity index (χ1) is 9.76. The van der Waals surface area contributed by atoms with Gasteiger partial charge in [-0.15, -0.1) is 0 Å². The number of methoxy groups -OCH3 is 1. The van der Waals surface area contributed by atoms with Crippen molar-refractivity contribution in [2.75, 3.05) is 33.3 Å². The summed E-state index contributed by atoms with van der Waals surface area (Å²) in [6.07, 6.45) is 2.60. The zero-order valence-corrected chi connectivity index (χ0v) is 13.1. The first-order valence-corrected chi connectivity index (χ1v) is 7.84. The van der Waals surface area contributed by atoms with E-state index in [9.17, 15) is 0 Å². The van der Waals surface area contributed by atoms with Crippen LogP contribution in [-0.4, -0.2) is 38.2 Å². The molecule has 1 aliphatic heterocycles. The number of piperidine rings is 1. The Morgan fingerprint density at radius 1 is 1.30 bits per heavy atom. The van der Waals surface area contributed by atoms with Crippen LogP contribution in [0, 0.1) is 5.92 Å². The molecule has 3 nitrogen and oxygen atoms in total. The zero-order valence-electron chi connectivity index (χ0n) is 13.1. The molecular formula is C17H28N2O. The number of hydrogen-bond donors (Lipinski definition) is 1. The molecule has 0 bridgehead atoms. The van der Waals surface area contributed by atoms with E-state index in [4.69, 9.17) is 4.74 Å². The minimum Gasteiger partial charge on any atom is -0.496 e. The Morgan fingerprint density at radius 2 is 2.00 bits per heavy atom. The fraction of sp³-hybridized carbons (Fsp3) is 0.647. The number of para-hydroxylation sites is 1. The number of ether oxygens (including phenoxy) is 1. The van der Waals surface area contributed by atoms with Crippen LogP contribution in [-0.2, 0) is 0 Å². The Labute approximate surface area is 123 Å². The number of hydrogen-bond acceptors (Lipinski definition) is 3. The summed E-state index contributed by atoms with van der Waals surface area (Å²) >= 11 is 0. The Balaban J connectivity index is 1.93. The molecule has 0 radical (unpaired) electrons. The molecule has 1 N–H and O–H groups in total. The van der Waals surface area contributed by atoms with Crippen molar-refractivity contribution < 1.29 is 4.74 Å².